The highest BCUT2D eigenvalue weighted by atomic mass is 16.5. The Balaban J connectivity index is 2.06. The maximum absolute atomic E-state index is 5.93. The average Bonchev–Trinajstić information content (AvgIpc) is 2.53. The summed E-state index contributed by atoms with van der Waals surface area (Å²) >= 11 is 0. The summed E-state index contributed by atoms with van der Waals surface area (Å²) in [7, 11) is 0. The number of nitrogens with zero attached hydrogens (tertiary/aromatic N) is 1. The van der Waals surface area contributed by atoms with Crippen molar-refractivity contribution in [3.05, 3.63) is 59.4 Å². The highest BCUT2D eigenvalue weighted by molar-refractivity contribution is 5.36. The molecule has 1 unspecified atom stereocenters. The van der Waals surface area contributed by atoms with Gasteiger partial charge >= 0.3 is 0 Å². The van der Waals surface area contributed by atoms with Crippen LogP contribution in [0.25, 0.3) is 0 Å². The number of pyridine rings is 1. The zero-order valence-electron chi connectivity index (χ0n) is 12.2. The van der Waals surface area contributed by atoms with Crippen LogP contribution in [0.3, 0.4) is 0 Å². The Morgan fingerprint density at radius 2 is 2.00 bits per heavy atom. The molecule has 2 rings (SSSR count). The Kier molecular flexibility index (Phi) is 5.13. The maximum atomic E-state index is 5.93. The summed E-state index contributed by atoms with van der Waals surface area (Å²) in [6.07, 6.45) is 2.91. The molecule has 3 nitrogen and oxygen atoms in total. The van der Waals surface area contributed by atoms with Crippen LogP contribution in [0.4, 0.5) is 0 Å². The smallest absolute Gasteiger partial charge is 0.130 e. The van der Waals surface area contributed by atoms with E-state index in [4.69, 9.17) is 10.5 Å². The summed E-state index contributed by atoms with van der Waals surface area (Å²) < 4.78 is 5.93. The molecule has 2 aromatic rings. The molecule has 0 radical (unpaired) electrons. The van der Waals surface area contributed by atoms with E-state index in [0.29, 0.717) is 19.1 Å². The quantitative estimate of drug-likeness (QED) is 0.872. The van der Waals surface area contributed by atoms with E-state index in [-0.39, 0.29) is 0 Å². The first-order valence-corrected chi connectivity index (χ1v) is 7.10. The molecule has 20 heavy (non-hydrogen) atoms. The Morgan fingerprint density at radius 3 is 2.65 bits per heavy atom. The van der Waals surface area contributed by atoms with E-state index in [1.807, 2.05) is 24.3 Å². The Hall–Kier alpha value is -1.87. The third kappa shape index (κ3) is 3.58. The summed E-state index contributed by atoms with van der Waals surface area (Å²) in [5.41, 5.74) is 8.77. The third-order valence-electron chi connectivity index (χ3n) is 3.56. The molecule has 1 aromatic heterocycles. The minimum Gasteiger partial charge on any atom is -0.487 e. The van der Waals surface area contributed by atoms with Gasteiger partial charge in [-0.05, 0) is 35.6 Å². The first-order chi connectivity index (χ1) is 9.74. The van der Waals surface area contributed by atoms with Crippen LogP contribution in [0, 0.1) is 0 Å². The van der Waals surface area contributed by atoms with Gasteiger partial charge in [-0.15, -0.1) is 0 Å². The van der Waals surface area contributed by atoms with Crippen molar-refractivity contribution in [1.82, 2.24) is 4.98 Å². The zero-order chi connectivity index (χ0) is 14.4. The number of nitrogens with two attached hydrogens (primary N) is 1. The van der Waals surface area contributed by atoms with Crippen molar-refractivity contribution in [2.75, 3.05) is 0 Å². The average molecular weight is 270 g/mol. The molecule has 2 N–H and O–H groups in total. The lowest BCUT2D eigenvalue weighted by molar-refractivity contribution is 0.296. The van der Waals surface area contributed by atoms with Gasteiger partial charge in [-0.2, -0.15) is 0 Å². The largest absolute Gasteiger partial charge is 0.487 e. The predicted octanol–water partition coefficient (Wildman–Crippen LogP) is 3.63. The van der Waals surface area contributed by atoms with Gasteiger partial charge < -0.3 is 10.5 Å². The van der Waals surface area contributed by atoms with E-state index in [1.165, 1.54) is 5.56 Å². The first kappa shape index (κ1) is 14.5. The fourth-order valence-corrected chi connectivity index (χ4v) is 2.05. The molecular formula is C17H22N2O. The van der Waals surface area contributed by atoms with E-state index in [1.54, 1.807) is 6.20 Å². The predicted molar refractivity (Wildman–Crippen MR) is 81.6 cm³/mol. The van der Waals surface area contributed by atoms with Crippen LogP contribution >= 0.6 is 0 Å². The van der Waals surface area contributed by atoms with Crippen LogP contribution in [0.15, 0.2) is 42.6 Å². The van der Waals surface area contributed by atoms with Gasteiger partial charge in [0.05, 0.1) is 5.69 Å². The molecule has 0 aliphatic rings. The van der Waals surface area contributed by atoms with Crippen LogP contribution in [-0.4, -0.2) is 4.98 Å². The molecule has 0 spiro atoms. The van der Waals surface area contributed by atoms with E-state index in [0.717, 1.165) is 23.4 Å². The highest BCUT2D eigenvalue weighted by Gasteiger charge is 2.09. The molecule has 1 atom stereocenters. The number of ether oxygens (including phenoxy) is 1. The number of hydrogen-bond donors (Lipinski definition) is 1. The van der Waals surface area contributed by atoms with Gasteiger partial charge in [-0.3, -0.25) is 4.98 Å². The number of aromatic nitrogens is 1. The fraction of sp³-hybridized carbons (Fsp3) is 0.353. The summed E-state index contributed by atoms with van der Waals surface area (Å²) in [6.45, 7) is 5.41. The zero-order valence-corrected chi connectivity index (χ0v) is 12.2. The van der Waals surface area contributed by atoms with Crippen molar-refractivity contribution in [2.45, 2.75) is 39.3 Å². The van der Waals surface area contributed by atoms with Crippen LogP contribution < -0.4 is 10.5 Å². The molecule has 0 fully saturated rings. The first-order valence-electron chi connectivity index (χ1n) is 7.10. The second-order valence-electron chi connectivity index (χ2n) is 5.00. The molecular weight excluding hydrogens is 248 g/mol. The third-order valence-corrected chi connectivity index (χ3v) is 3.56. The van der Waals surface area contributed by atoms with Gasteiger partial charge in [-0.25, -0.2) is 0 Å². The number of para-hydroxylation sites is 1. The maximum Gasteiger partial charge on any atom is 0.130 e. The van der Waals surface area contributed by atoms with E-state index < -0.39 is 0 Å². The van der Waals surface area contributed by atoms with Gasteiger partial charge in [0.25, 0.3) is 0 Å². The van der Waals surface area contributed by atoms with Crippen molar-refractivity contribution >= 4 is 0 Å². The molecule has 0 saturated carbocycles. The molecule has 0 aliphatic heterocycles. The van der Waals surface area contributed by atoms with Crippen molar-refractivity contribution in [2.24, 2.45) is 5.73 Å². The van der Waals surface area contributed by atoms with Gasteiger partial charge in [0.2, 0.25) is 0 Å². The number of rotatable bonds is 6. The van der Waals surface area contributed by atoms with Crippen LogP contribution in [0.2, 0.25) is 0 Å². The van der Waals surface area contributed by atoms with Crippen LogP contribution in [0.1, 0.15) is 43.0 Å². The van der Waals surface area contributed by atoms with Crippen molar-refractivity contribution in [1.29, 1.82) is 0 Å². The lowest BCUT2D eigenvalue weighted by atomic mass is 9.98. The molecule has 0 aliphatic carbocycles. The lowest BCUT2D eigenvalue weighted by Gasteiger charge is -2.15. The highest BCUT2D eigenvalue weighted by Crippen LogP contribution is 2.28. The molecule has 0 amide bonds. The topological polar surface area (TPSA) is 48.1 Å². The normalized spacial score (nSPS) is 12.2. The summed E-state index contributed by atoms with van der Waals surface area (Å²) in [5.74, 6) is 1.45. The molecule has 106 valence electrons. The SMILES string of the molecule is CCC(C)c1ccccc1OCc1ccc(CN)cn1. The Bertz CT molecular complexity index is 537. The van der Waals surface area contributed by atoms with E-state index >= 15 is 0 Å². The monoisotopic (exact) mass is 270 g/mol. The van der Waals surface area contributed by atoms with Gasteiger partial charge in [-0.1, -0.05) is 38.1 Å². The second-order valence-corrected chi connectivity index (χ2v) is 5.00. The standard InChI is InChI=1S/C17H22N2O/c1-3-13(2)16-6-4-5-7-17(16)20-12-15-9-8-14(10-18)11-19-15/h4-9,11,13H,3,10,12,18H2,1-2H3. The van der Waals surface area contributed by atoms with Gasteiger partial charge in [0.1, 0.15) is 12.4 Å². The fourth-order valence-electron chi connectivity index (χ4n) is 2.05. The molecule has 0 bridgehead atoms. The minimum atomic E-state index is 0.484. The van der Waals surface area contributed by atoms with E-state index in [2.05, 4.69) is 31.0 Å². The molecule has 1 heterocycles. The lowest BCUT2D eigenvalue weighted by Crippen LogP contribution is -2.03. The van der Waals surface area contributed by atoms with Crippen molar-refractivity contribution < 1.29 is 4.74 Å². The van der Waals surface area contributed by atoms with Gasteiger partial charge in [0, 0.05) is 12.7 Å². The molecule has 0 saturated heterocycles. The molecule has 3 heteroatoms. The van der Waals surface area contributed by atoms with Gasteiger partial charge in [0.15, 0.2) is 0 Å². The summed E-state index contributed by atoms with van der Waals surface area (Å²) in [5, 5.41) is 0. The van der Waals surface area contributed by atoms with Crippen molar-refractivity contribution in [3.8, 4) is 5.75 Å². The van der Waals surface area contributed by atoms with Crippen LogP contribution in [-0.2, 0) is 13.2 Å². The number of benzene rings is 1. The van der Waals surface area contributed by atoms with E-state index in [9.17, 15) is 0 Å². The summed E-state index contributed by atoms with van der Waals surface area (Å²) in [4.78, 5) is 4.35. The Morgan fingerprint density at radius 1 is 1.20 bits per heavy atom. The minimum absolute atomic E-state index is 0.484. The number of hydrogen-bond acceptors (Lipinski definition) is 3. The Labute approximate surface area is 120 Å². The van der Waals surface area contributed by atoms with Crippen molar-refractivity contribution in [3.63, 3.8) is 0 Å². The second kappa shape index (κ2) is 7.06. The van der Waals surface area contributed by atoms with Crippen LogP contribution in [0.5, 0.6) is 5.75 Å². The molecule has 1 aromatic carbocycles. The summed E-state index contributed by atoms with van der Waals surface area (Å²) in [6, 6.07) is 12.2.